The van der Waals surface area contributed by atoms with Crippen molar-refractivity contribution in [3.8, 4) is 39.9 Å². The zero-order valence-corrected chi connectivity index (χ0v) is 29.3. The number of hydrogen-bond acceptors (Lipinski definition) is 5. The van der Waals surface area contributed by atoms with Gasteiger partial charge in [0.15, 0.2) is 11.6 Å². The number of para-hydroxylation sites is 3. The van der Waals surface area contributed by atoms with Gasteiger partial charge in [-0.25, -0.2) is 4.98 Å². The highest BCUT2D eigenvalue weighted by Gasteiger charge is 2.24. The Morgan fingerprint density at radius 3 is 1.84 bits per heavy atom. The predicted octanol–water partition coefficient (Wildman–Crippen LogP) is 12.9. The second-order valence-corrected chi connectivity index (χ2v) is 14.0. The summed E-state index contributed by atoms with van der Waals surface area (Å²) in [5.41, 5.74) is 9.26. The fraction of sp³-hybridized carbons (Fsp3) is 0. The van der Waals surface area contributed by atoms with E-state index in [4.69, 9.17) is 23.8 Å². The molecular weight excluding hydrogens is 677 g/mol. The van der Waals surface area contributed by atoms with Crippen LogP contribution in [0.1, 0.15) is 0 Å². The Hall–Kier alpha value is -7.57. The number of fused-ring (bicyclic) bond motifs is 11. The van der Waals surface area contributed by atoms with Crippen molar-refractivity contribution in [1.29, 1.82) is 0 Å². The van der Waals surface area contributed by atoms with Gasteiger partial charge in [-0.3, -0.25) is 4.57 Å². The van der Waals surface area contributed by atoms with Crippen LogP contribution in [-0.4, -0.2) is 19.5 Å². The molecule has 0 radical (unpaired) electrons. The van der Waals surface area contributed by atoms with Crippen LogP contribution in [0.3, 0.4) is 0 Å². The van der Waals surface area contributed by atoms with Gasteiger partial charge >= 0.3 is 0 Å². The smallest absolute Gasteiger partial charge is 0.238 e. The third-order valence-electron chi connectivity index (χ3n) is 10.9. The van der Waals surface area contributed by atoms with E-state index < -0.39 is 0 Å². The number of benzene rings is 8. The summed E-state index contributed by atoms with van der Waals surface area (Å²) in [6.07, 6.45) is 0. The van der Waals surface area contributed by atoms with Crippen molar-refractivity contribution in [3.63, 3.8) is 0 Å². The normalized spacial score (nSPS) is 12.0. The second-order valence-electron chi connectivity index (χ2n) is 14.0. The first-order valence-electron chi connectivity index (χ1n) is 18.4. The van der Waals surface area contributed by atoms with Gasteiger partial charge in [0.1, 0.15) is 22.3 Å². The van der Waals surface area contributed by atoms with E-state index in [9.17, 15) is 0 Å². The van der Waals surface area contributed by atoms with E-state index in [1.54, 1.807) is 0 Å². The van der Waals surface area contributed by atoms with Crippen molar-refractivity contribution in [1.82, 2.24) is 19.5 Å². The number of hydrogen-bond donors (Lipinski definition) is 0. The minimum Gasteiger partial charge on any atom is -0.456 e. The van der Waals surface area contributed by atoms with Gasteiger partial charge in [-0.2, -0.15) is 9.97 Å². The van der Waals surface area contributed by atoms with Crippen LogP contribution in [0.2, 0.25) is 0 Å². The molecule has 12 aromatic rings. The number of nitrogens with zero attached hydrogens (tertiary/aromatic N) is 4. The van der Waals surface area contributed by atoms with Crippen LogP contribution in [-0.2, 0) is 0 Å². The second kappa shape index (κ2) is 11.5. The lowest BCUT2D eigenvalue weighted by Gasteiger charge is -2.14. The Kier molecular flexibility index (Phi) is 6.24. The first-order valence-corrected chi connectivity index (χ1v) is 18.4. The first kappa shape index (κ1) is 29.9. The summed E-state index contributed by atoms with van der Waals surface area (Å²) in [5.74, 6) is 1.67. The lowest BCUT2D eigenvalue weighted by molar-refractivity contribution is 0.668. The number of aromatic nitrogens is 4. The lowest BCUT2D eigenvalue weighted by Crippen LogP contribution is -2.07. The highest BCUT2D eigenvalue weighted by molar-refractivity contribution is 6.23. The number of rotatable bonds is 4. The maximum absolute atomic E-state index is 6.39. The van der Waals surface area contributed by atoms with Crippen molar-refractivity contribution in [2.24, 2.45) is 0 Å². The van der Waals surface area contributed by atoms with E-state index in [1.165, 1.54) is 0 Å². The van der Waals surface area contributed by atoms with E-state index in [2.05, 4.69) is 102 Å². The zero-order valence-electron chi connectivity index (χ0n) is 29.3. The number of furan rings is 2. The molecule has 0 aliphatic rings. The molecule has 12 rings (SSSR count). The molecule has 0 amide bonds. The molecule has 0 N–H and O–H groups in total. The van der Waals surface area contributed by atoms with Crippen LogP contribution >= 0.6 is 0 Å². The Balaban J connectivity index is 1.21. The Morgan fingerprint density at radius 2 is 0.964 bits per heavy atom. The van der Waals surface area contributed by atoms with E-state index >= 15 is 0 Å². The average molecular weight is 705 g/mol. The van der Waals surface area contributed by atoms with Gasteiger partial charge in [-0.15, -0.1) is 0 Å². The first-order chi connectivity index (χ1) is 27.3. The maximum atomic E-state index is 6.39. The maximum Gasteiger partial charge on any atom is 0.238 e. The molecule has 6 heteroatoms. The molecule has 6 nitrogen and oxygen atoms in total. The Bertz CT molecular complexity index is 3500. The summed E-state index contributed by atoms with van der Waals surface area (Å²) in [7, 11) is 0. The van der Waals surface area contributed by atoms with Crippen molar-refractivity contribution >= 4 is 76.5 Å². The molecule has 4 heterocycles. The molecule has 4 aromatic heterocycles. The minimum absolute atomic E-state index is 0.529. The summed E-state index contributed by atoms with van der Waals surface area (Å²) in [5, 5.41) is 8.76. The molecule has 55 heavy (non-hydrogen) atoms. The summed E-state index contributed by atoms with van der Waals surface area (Å²) in [6, 6.07) is 58.5. The van der Waals surface area contributed by atoms with Gasteiger partial charge in [-0.1, -0.05) is 140 Å². The standard InChI is InChI=1S/C49H28N4O2/c1-2-13-30(14-3-1)47-50-48(31-25-26-34-33-16-6-8-21-40(33)55-43(34)28-31)52-49(51-47)53-45-32-15-5-4-12-29(32)24-27-38(45)37-20-10-19-36(46(37)53)35-18-11-23-42-44(35)39-17-7-9-22-41(39)54-42/h1-28H. The molecule has 0 aliphatic heterocycles. The average Bonchev–Trinajstić information content (AvgIpc) is 3.93. The van der Waals surface area contributed by atoms with Crippen molar-refractivity contribution < 1.29 is 8.83 Å². The topological polar surface area (TPSA) is 69.9 Å². The Morgan fingerprint density at radius 1 is 0.364 bits per heavy atom. The van der Waals surface area contributed by atoms with Crippen LogP contribution in [0.15, 0.2) is 179 Å². The molecule has 0 aliphatic carbocycles. The molecule has 0 bridgehead atoms. The molecule has 0 saturated heterocycles. The Labute approximate surface area is 313 Å². The van der Waals surface area contributed by atoms with Crippen LogP contribution in [0, 0.1) is 0 Å². The van der Waals surface area contributed by atoms with E-state index in [0.29, 0.717) is 17.6 Å². The van der Waals surface area contributed by atoms with Gasteiger partial charge in [0.25, 0.3) is 0 Å². The van der Waals surface area contributed by atoms with Crippen molar-refractivity contribution in [2.75, 3.05) is 0 Å². The van der Waals surface area contributed by atoms with Crippen molar-refractivity contribution in [3.05, 3.63) is 170 Å². The minimum atomic E-state index is 0.529. The van der Waals surface area contributed by atoms with Gasteiger partial charge in [-0.05, 0) is 41.3 Å². The summed E-state index contributed by atoms with van der Waals surface area (Å²) < 4.78 is 15.0. The van der Waals surface area contributed by atoms with E-state index in [0.717, 1.165) is 98.7 Å². The highest BCUT2D eigenvalue weighted by atomic mass is 16.3. The van der Waals surface area contributed by atoms with Crippen LogP contribution in [0.25, 0.3) is 116 Å². The SMILES string of the molecule is c1ccc(-c2nc(-c3ccc4c(c3)oc3ccccc34)nc(-n3c4c(-c5cccc6oc7ccccc7c56)cccc4c4ccc5ccccc5c43)n2)cc1. The summed E-state index contributed by atoms with van der Waals surface area (Å²) in [4.78, 5) is 15.8. The van der Waals surface area contributed by atoms with Gasteiger partial charge in [0.05, 0.1) is 11.0 Å². The van der Waals surface area contributed by atoms with E-state index in [-0.39, 0.29) is 0 Å². The molecule has 0 unspecified atom stereocenters. The van der Waals surface area contributed by atoms with Gasteiger partial charge in [0, 0.05) is 54.4 Å². The largest absolute Gasteiger partial charge is 0.456 e. The molecular formula is C49H28N4O2. The zero-order chi connectivity index (χ0) is 36.0. The van der Waals surface area contributed by atoms with Crippen LogP contribution in [0.4, 0.5) is 0 Å². The molecule has 0 spiro atoms. The summed E-state index contributed by atoms with van der Waals surface area (Å²) in [6.45, 7) is 0. The van der Waals surface area contributed by atoms with Crippen molar-refractivity contribution in [2.45, 2.75) is 0 Å². The fourth-order valence-electron chi connectivity index (χ4n) is 8.42. The van der Waals surface area contributed by atoms with Gasteiger partial charge in [0.2, 0.25) is 5.95 Å². The molecule has 256 valence electrons. The molecule has 0 atom stereocenters. The quantitative estimate of drug-likeness (QED) is 0.182. The monoisotopic (exact) mass is 704 g/mol. The van der Waals surface area contributed by atoms with Crippen LogP contribution < -0.4 is 0 Å². The molecule has 0 fully saturated rings. The fourth-order valence-corrected chi connectivity index (χ4v) is 8.42. The predicted molar refractivity (Wildman–Crippen MR) is 223 cm³/mol. The molecule has 0 saturated carbocycles. The lowest BCUT2D eigenvalue weighted by atomic mass is 9.97. The third kappa shape index (κ3) is 4.46. The van der Waals surface area contributed by atoms with E-state index in [1.807, 2.05) is 72.8 Å². The highest BCUT2D eigenvalue weighted by Crippen LogP contribution is 2.44. The summed E-state index contributed by atoms with van der Waals surface area (Å²) >= 11 is 0. The van der Waals surface area contributed by atoms with Gasteiger partial charge < -0.3 is 8.83 Å². The van der Waals surface area contributed by atoms with Crippen LogP contribution in [0.5, 0.6) is 0 Å². The molecule has 8 aromatic carbocycles. The third-order valence-corrected chi connectivity index (χ3v) is 10.9.